The first-order valence-corrected chi connectivity index (χ1v) is 8.78. The molecule has 0 saturated carbocycles. The molecular formula is C18H13ClFN3O2S. The van der Waals surface area contributed by atoms with E-state index in [2.05, 4.69) is 15.6 Å². The summed E-state index contributed by atoms with van der Waals surface area (Å²) in [6, 6.07) is 11.0. The van der Waals surface area contributed by atoms with Gasteiger partial charge in [0.15, 0.2) is 5.13 Å². The zero-order valence-corrected chi connectivity index (χ0v) is 15.1. The number of aromatic nitrogens is 1. The van der Waals surface area contributed by atoms with Crippen molar-refractivity contribution in [2.24, 2.45) is 0 Å². The third kappa shape index (κ3) is 4.07. The van der Waals surface area contributed by atoms with Crippen LogP contribution in [0.2, 0.25) is 5.02 Å². The Balaban J connectivity index is 1.79. The fraction of sp³-hybridized carbons (Fsp3) is 0.0556. The Labute approximate surface area is 157 Å². The first-order valence-electron chi connectivity index (χ1n) is 7.53. The molecule has 26 heavy (non-hydrogen) atoms. The minimum Gasteiger partial charge on any atom is -0.326 e. The smallest absolute Gasteiger partial charge is 0.258 e. The van der Waals surface area contributed by atoms with Gasteiger partial charge in [-0.2, -0.15) is 0 Å². The Kier molecular flexibility index (Phi) is 5.29. The minimum absolute atomic E-state index is 0.272. The first-order chi connectivity index (χ1) is 12.4. The number of anilines is 2. The summed E-state index contributed by atoms with van der Waals surface area (Å²) >= 11 is 7.17. The molecule has 1 aromatic heterocycles. The van der Waals surface area contributed by atoms with Crippen LogP contribution in [-0.4, -0.2) is 16.8 Å². The number of nitrogens with one attached hydrogen (secondary N) is 2. The lowest BCUT2D eigenvalue weighted by molar-refractivity contribution is -0.114. The number of amides is 2. The van der Waals surface area contributed by atoms with E-state index in [0.29, 0.717) is 27.1 Å². The third-order valence-corrected chi connectivity index (χ3v) is 4.50. The molecule has 0 aliphatic heterocycles. The summed E-state index contributed by atoms with van der Waals surface area (Å²) in [5.74, 6) is -1.20. The molecule has 2 amide bonds. The Morgan fingerprint density at radius 2 is 1.92 bits per heavy atom. The van der Waals surface area contributed by atoms with Gasteiger partial charge in [0, 0.05) is 23.6 Å². The molecule has 3 aromatic rings. The van der Waals surface area contributed by atoms with Crippen molar-refractivity contribution < 1.29 is 14.0 Å². The third-order valence-electron chi connectivity index (χ3n) is 3.41. The number of hydrogen-bond acceptors (Lipinski definition) is 4. The van der Waals surface area contributed by atoms with E-state index in [1.807, 2.05) is 0 Å². The zero-order valence-electron chi connectivity index (χ0n) is 13.5. The maximum absolute atomic E-state index is 14.3. The van der Waals surface area contributed by atoms with Gasteiger partial charge in [0.1, 0.15) is 5.82 Å². The summed E-state index contributed by atoms with van der Waals surface area (Å²) in [4.78, 5) is 27.5. The van der Waals surface area contributed by atoms with Crippen LogP contribution >= 0.6 is 22.9 Å². The summed E-state index contributed by atoms with van der Waals surface area (Å²) in [5.41, 5.74) is 1.35. The van der Waals surface area contributed by atoms with Crippen LogP contribution in [0.4, 0.5) is 15.2 Å². The molecule has 8 heteroatoms. The fourth-order valence-corrected chi connectivity index (χ4v) is 3.20. The van der Waals surface area contributed by atoms with E-state index in [9.17, 15) is 14.0 Å². The predicted molar refractivity (Wildman–Crippen MR) is 101 cm³/mol. The number of hydrogen-bond donors (Lipinski definition) is 2. The number of rotatable bonds is 4. The molecule has 132 valence electrons. The quantitative estimate of drug-likeness (QED) is 0.672. The van der Waals surface area contributed by atoms with E-state index in [4.69, 9.17) is 11.6 Å². The highest BCUT2D eigenvalue weighted by Crippen LogP contribution is 2.29. The molecule has 3 rings (SSSR count). The van der Waals surface area contributed by atoms with E-state index in [-0.39, 0.29) is 11.5 Å². The number of carbonyl (C=O) groups is 2. The highest BCUT2D eigenvalue weighted by Gasteiger charge is 2.14. The molecule has 0 atom stereocenters. The van der Waals surface area contributed by atoms with Crippen molar-refractivity contribution >= 4 is 45.6 Å². The molecule has 0 aliphatic rings. The maximum atomic E-state index is 14.3. The van der Waals surface area contributed by atoms with Gasteiger partial charge in [0.25, 0.3) is 5.91 Å². The Morgan fingerprint density at radius 3 is 2.62 bits per heavy atom. The Bertz CT molecular complexity index is 990. The van der Waals surface area contributed by atoms with Gasteiger partial charge in [-0.3, -0.25) is 14.9 Å². The van der Waals surface area contributed by atoms with Crippen molar-refractivity contribution in [3.63, 3.8) is 0 Å². The molecule has 1 heterocycles. The molecule has 5 nitrogen and oxygen atoms in total. The molecule has 0 bridgehead atoms. The van der Waals surface area contributed by atoms with Crippen LogP contribution in [0.25, 0.3) is 11.3 Å². The van der Waals surface area contributed by atoms with Gasteiger partial charge in [-0.05, 0) is 30.3 Å². The minimum atomic E-state index is -0.523. The van der Waals surface area contributed by atoms with Gasteiger partial charge in [-0.15, -0.1) is 11.3 Å². The average Bonchev–Trinajstić information content (AvgIpc) is 3.03. The highest BCUT2D eigenvalue weighted by atomic mass is 35.5. The molecule has 0 radical (unpaired) electrons. The SMILES string of the molecule is CC(=O)Nc1ccc(-c2csc(NC(=O)c3ccccc3Cl)n2)c(F)c1. The van der Waals surface area contributed by atoms with E-state index in [1.54, 1.807) is 35.7 Å². The van der Waals surface area contributed by atoms with Crippen LogP contribution in [0.3, 0.4) is 0 Å². The lowest BCUT2D eigenvalue weighted by Crippen LogP contribution is -2.12. The van der Waals surface area contributed by atoms with Gasteiger partial charge >= 0.3 is 0 Å². The largest absolute Gasteiger partial charge is 0.326 e. The summed E-state index contributed by atoms with van der Waals surface area (Å²) in [6.07, 6.45) is 0. The molecular weight excluding hydrogens is 377 g/mol. The number of nitrogens with zero attached hydrogens (tertiary/aromatic N) is 1. The molecule has 2 N–H and O–H groups in total. The predicted octanol–water partition coefficient (Wildman–Crippen LogP) is 4.81. The average molecular weight is 390 g/mol. The maximum Gasteiger partial charge on any atom is 0.258 e. The van der Waals surface area contributed by atoms with Crippen LogP contribution in [0.15, 0.2) is 47.8 Å². The first kappa shape index (κ1) is 18.0. The second-order valence-corrected chi connectivity index (χ2v) is 6.61. The van der Waals surface area contributed by atoms with Gasteiger partial charge in [0.2, 0.25) is 5.91 Å². The van der Waals surface area contributed by atoms with Crippen molar-refractivity contribution in [2.75, 3.05) is 10.6 Å². The van der Waals surface area contributed by atoms with Gasteiger partial charge in [-0.1, -0.05) is 23.7 Å². The molecule has 2 aromatic carbocycles. The van der Waals surface area contributed by atoms with Crippen LogP contribution in [0, 0.1) is 5.82 Å². The van der Waals surface area contributed by atoms with Crippen LogP contribution < -0.4 is 10.6 Å². The standard InChI is InChI=1S/C18H13ClFN3O2S/c1-10(24)21-11-6-7-13(15(20)8-11)16-9-26-18(22-16)23-17(25)12-4-2-3-5-14(12)19/h2-9H,1H3,(H,21,24)(H,22,23,25). The highest BCUT2D eigenvalue weighted by molar-refractivity contribution is 7.14. The molecule has 0 saturated heterocycles. The number of halogens is 2. The van der Waals surface area contributed by atoms with Gasteiger partial charge < -0.3 is 5.32 Å². The fourth-order valence-electron chi connectivity index (χ4n) is 2.27. The summed E-state index contributed by atoms with van der Waals surface area (Å²) in [7, 11) is 0. The number of thiazole rings is 1. The normalized spacial score (nSPS) is 10.4. The van der Waals surface area contributed by atoms with Crippen molar-refractivity contribution in [1.29, 1.82) is 0 Å². The number of benzene rings is 2. The lowest BCUT2D eigenvalue weighted by Gasteiger charge is -2.05. The van der Waals surface area contributed by atoms with E-state index in [1.165, 1.54) is 30.4 Å². The van der Waals surface area contributed by atoms with E-state index >= 15 is 0 Å². The van der Waals surface area contributed by atoms with E-state index < -0.39 is 11.7 Å². The topological polar surface area (TPSA) is 71.1 Å². The van der Waals surface area contributed by atoms with Crippen molar-refractivity contribution in [3.05, 3.63) is 64.2 Å². The lowest BCUT2D eigenvalue weighted by atomic mass is 10.1. The van der Waals surface area contributed by atoms with Crippen molar-refractivity contribution in [1.82, 2.24) is 4.98 Å². The summed E-state index contributed by atoms with van der Waals surface area (Å²) in [5, 5.41) is 7.46. The van der Waals surface area contributed by atoms with Crippen LogP contribution in [0.5, 0.6) is 0 Å². The Morgan fingerprint density at radius 1 is 1.15 bits per heavy atom. The molecule has 0 unspecified atom stereocenters. The van der Waals surface area contributed by atoms with Crippen molar-refractivity contribution in [2.45, 2.75) is 6.92 Å². The summed E-state index contributed by atoms with van der Waals surface area (Å²) in [6.45, 7) is 1.35. The molecule has 0 spiro atoms. The summed E-state index contributed by atoms with van der Waals surface area (Å²) < 4.78 is 14.3. The second kappa shape index (κ2) is 7.63. The van der Waals surface area contributed by atoms with Crippen molar-refractivity contribution in [3.8, 4) is 11.3 Å². The zero-order chi connectivity index (χ0) is 18.7. The van der Waals surface area contributed by atoms with E-state index in [0.717, 1.165) is 0 Å². The molecule has 0 aliphatic carbocycles. The second-order valence-electron chi connectivity index (χ2n) is 5.35. The van der Waals surface area contributed by atoms with Crippen LogP contribution in [-0.2, 0) is 4.79 Å². The Hall–Kier alpha value is -2.77. The number of carbonyl (C=O) groups excluding carboxylic acids is 2. The monoisotopic (exact) mass is 389 g/mol. The van der Waals surface area contributed by atoms with Crippen LogP contribution in [0.1, 0.15) is 17.3 Å². The van der Waals surface area contributed by atoms with Gasteiger partial charge in [-0.25, -0.2) is 9.37 Å². The van der Waals surface area contributed by atoms with Gasteiger partial charge in [0.05, 0.1) is 16.3 Å². The molecule has 0 fully saturated rings.